The van der Waals surface area contributed by atoms with Gasteiger partial charge in [-0.1, -0.05) is 90.1 Å². The predicted molar refractivity (Wildman–Crippen MR) is 157 cm³/mol. The third-order valence-electron chi connectivity index (χ3n) is 7.58. The predicted octanol–water partition coefficient (Wildman–Crippen LogP) is 6.00. The van der Waals surface area contributed by atoms with Crippen LogP contribution in [0.25, 0.3) is 0 Å². The molecule has 0 fully saturated rings. The Hall–Kier alpha value is -4.00. The first-order chi connectivity index (χ1) is 18.7. The lowest BCUT2D eigenvalue weighted by molar-refractivity contribution is 0.0522. The fourth-order valence-electron chi connectivity index (χ4n) is 5.07. The molecule has 5 rings (SSSR count). The van der Waals surface area contributed by atoms with Gasteiger partial charge in [0.25, 0.3) is 0 Å². The van der Waals surface area contributed by atoms with E-state index in [-0.39, 0.29) is 39.3 Å². The van der Waals surface area contributed by atoms with Gasteiger partial charge in [0.2, 0.25) is 5.72 Å². The molecule has 0 saturated heterocycles. The smallest absolute Gasteiger partial charge is 0.236 e. The number of fused-ring (bicyclic) bond motifs is 1. The molecular weight excluding hydrogens is 500 g/mol. The zero-order valence-electron chi connectivity index (χ0n) is 23.9. The second kappa shape index (κ2) is 9.58. The number of rotatable bonds is 4. The molecule has 0 radical (unpaired) electrons. The Kier molecular flexibility index (Phi) is 6.60. The van der Waals surface area contributed by atoms with Gasteiger partial charge >= 0.3 is 0 Å². The van der Waals surface area contributed by atoms with Crippen LogP contribution in [0.15, 0.2) is 95.8 Å². The normalized spacial score (nSPS) is 21.0. The van der Waals surface area contributed by atoms with Crippen LogP contribution in [0.4, 0.5) is 0 Å². The van der Waals surface area contributed by atoms with Crippen LogP contribution in [0, 0.1) is 0 Å². The lowest BCUT2D eigenvalue weighted by atomic mass is 9.75. The maximum atomic E-state index is 13.6. The van der Waals surface area contributed by atoms with Crippen molar-refractivity contribution < 1.29 is 19.1 Å². The number of ketones is 2. The molecule has 40 heavy (non-hydrogen) atoms. The summed E-state index contributed by atoms with van der Waals surface area (Å²) in [6.07, 6.45) is 1.51. The molecule has 6 heteroatoms. The van der Waals surface area contributed by atoms with Crippen LogP contribution < -0.4 is 20.9 Å². The standard InChI is InChI=1S/C34H36N2O4/c1-32(2,3)20-11-15-22(16-12-20)39-27-19-26-28(30(38)25-10-8-7-9-24(25)29(26)37)31(35)34(27,36)40-23-17-13-21(14-18-23)33(4,5)6/h7-19,31H,35-36H2,1-6H3. The molecule has 0 saturated carbocycles. The van der Waals surface area contributed by atoms with E-state index in [1.54, 1.807) is 24.3 Å². The highest BCUT2D eigenvalue weighted by Gasteiger charge is 2.51. The molecule has 0 spiro atoms. The van der Waals surface area contributed by atoms with E-state index in [1.807, 2.05) is 48.5 Å². The van der Waals surface area contributed by atoms with Crippen LogP contribution >= 0.6 is 0 Å². The number of Topliss-reactive ketones (excluding diaryl/α,β-unsaturated/α-hetero) is 2. The minimum absolute atomic E-state index is 0.0348. The Labute approximate surface area is 235 Å². The molecule has 0 aromatic heterocycles. The number of benzene rings is 3. The molecule has 2 aliphatic rings. The van der Waals surface area contributed by atoms with Crippen LogP contribution in [0.5, 0.6) is 11.5 Å². The van der Waals surface area contributed by atoms with Crippen molar-refractivity contribution in [3.63, 3.8) is 0 Å². The van der Waals surface area contributed by atoms with E-state index in [1.165, 1.54) is 6.08 Å². The lowest BCUT2D eigenvalue weighted by Gasteiger charge is -2.41. The van der Waals surface area contributed by atoms with Crippen molar-refractivity contribution in [2.45, 2.75) is 64.1 Å². The van der Waals surface area contributed by atoms with Gasteiger partial charge in [0.05, 0.1) is 6.04 Å². The zero-order chi connectivity index (χ0) is 29.0. The molecule has 6 nitrogen and oxygen atoms in total. The van der Waals surface area contributed by atoms with Gasteiger partial charge < -0.3 is 15.2 Å². The molecule has 0 heterocycles. The van der Waals surface area contributed by atoms with E-state index >= 15 is 0 Å². The maximum Gasteiger partial charge on any atom is 0.236 e. The van der Waals surface area contributed by atoms with Crippen molar-refractivity contribution in [3.8, 4) is 11.5 Å². The Morgan fingerprint density at radius 1 is 0.700 bits per heavy atom. The van der Waals surface area contributed by atoms with Gasteiger partial charge in [0.15, 0.2) is 17.3 Å². The van der Waals surface area contributed by atoms with Crippen LogP contribution in [0.1, 0.15) is 73.4 Å². The van der Waals surface area contributed by atoms with Gasteiger partial charge in [-0.15, -0.1) is 0 Å². The Morgan fingerprint density at radius 2 is 1.18 bits per heavy atom. The average molecular weight is 537 g/mol. The number of nitrogens with two attached hydrogens (primary N) is 2. The monoisotopic (exact) mass is 536 g/mol. The van der Waals surface area contributed by atoms with E-state index in [0.717, 1.165) is 11.1 Å². The molecule has 0 aliphatic heterocycles. The van der Waals surface area contributed by atoms with E-state index in [0.29, 0.717) is 22.6 Å². The van der Waals surface area contributed by atoms with Gasteiger partial charge in [-0.25, -0.2) is 0 Å². The molecule has 0 amide bonds. The second-order valence-electron chi connectivity index (χ2n) is 12.6. The van der Waals surface area contributed by atoms with Crippen molar-refractivity contribution in [2.75, 3.05) is 0 Å². The van der Waals surface area contributed by atoms with Crippen LogP contribution in [0.3, 0.4) is 0 Å². The first kappa shape index (κ1) is 27.6. The number of allylic oxidation sites excluding steroid dienone is 2. The third-order valence-corrected chi connectivity index (χ3v) is 7.58. The molecule has 2 aliphatic carbocycles. The number of ether oxygens (including phenoxy) is 2. The molecule has 206 valence electrons. The Bertz CT molecular complexity index is 1550. The van der Waals surface area contributed by atoms with Crippen LogP contribution in [-0.4, -0.2) is 23.3 Å². The minimum Gasteiger partial charge on any atom is -0.463 e. The first-order valence-electron chi connectivity index (χ1n) is 13.5. The Balaban J connectivity index is 1.59. The van der Waals surface area contributed by atoms with E-state index in [2.05, 4.69) is 41.5 Å². The van der Waals surface area contributed by atoms with Gasteiger partial charge in [-0.05, 0) is 52.3 Å². The summed E-state index contributed by atoms with van der Waals surface area (Å²) >= 11 is 0. The number of carbonyl (C=O) groups is 2. The number of carbonyl (C=O) groups excluding carboxylic acids is 2. The van der Waals surface area contributed by atoms with Gasteiger partial charge in [-0.2, -0.15) is 0 Å². The summed E-state index contributed by atoms with van der Waals surface area (Å²) in [6.45, 7) is 12.8. The number of hydrogen-bond donors (Lipinski definition) is 2. The lowest BCUT2D eigenvalue weighted by Crippen LogP contribution is -2.65. The summed E-state index contributed by atoms with van der Waals surface area (Å²) in [5.41, 5.74) is 15.0. The molecule has 3 aromatic carbocycles. The average Bonchev–Trinajstić information content (AvgIpc) is 2.90. The first-order valence-corrected chi connectivity index (χ1v) is 13.5. The summed E-state index contributed by atoms with van der Waals surface area (Å²) in [7, 11) is 0. The summed E-state index contributed by atoms with van der Waals surface area (Å²) < 4.78 is 12.7. The van der Waals surface area contributed by atoms with Gasteiger partial charge in [0.1, 0.15) is 11.5 Å². The molecule has 0 bridgehead atoms. The zero-order valence-corrected chi connectivity index (χ0v) is 23.9. The summed E-state index contributed by atoms with van der Waals surface area (Å²) in [6, 6.07) is 20.8. The molecule has 2 unspecified atom stereocenters. The topological polar surface area (TPSA) is 105 Å². The summed E-state index contributed by atoms with van der Waals surface area (Å²) in [5, 5.41) is 0. The molecular formula is C34H36N2O4. The Morgan fingerprint density at radius 3 is 1.68 bits per heavy atom. The van der Waals surface area contributed by atoms with Gasteiger partial charge in [0, 0.05) is 22.3 Å². The van der Waals surface area contributed by atoms with Gasteiger partial charge in [-0.3, -0.25) is 15.3 Å². The molecule has 4 N–H and O–H groups in total. The van der Waals surface area contributed by atoms with Crippen molar-refractivity contribution in [3.05, 3.63) is 118 Å². The molecule has 2 atom stereocenters. The van der Waals surface area contributed by atoms with Crippen molar-refractivity contribution in [1.82, 2.24) is 0 Å². The third kappa shape index (κ3) is 4.78. The van der Waals surface area contributed by atoms with Crippen molar-refractivity contribution >= 4 is 11.6 Å². The fraction of sp³-hybridized carbons (Fsp3) is 0.294. The van der Waals surface area contributed by atoms with E-state index in [9.17, 15) is 9.59 Å². The molecule has 3 aromatic rings. The fourth-order valence-corrected chi connectivity index (χ4v) is 5.07. The highest BCUT2D eigenvalue weighted by Crippen LogP contribution is 2.40. The SMILES string of the molecule is CC(C)(C)c1ccc(OC2=CC3=C(C(=O)c4ccccc4C3=O)C(N)C2(N)Oc2ccc(C(C)(C)C)cc2)cc1. The van der Waals surface area contributed by atoms with E-state index < -0.39 is 11.8 Å². The quantitative estimate of drug-likeness (QED) is 0.397. The maximum absolute atomic E-state index is 13.6. The highest BCUT2D eigenvalue weighted by molar-refractivity contribution is 6.28. The minimum atomic E-state index is -1.77. The van der Waals surface area contributed by atoms with Crippen LogP contribution in [-0.2, 0) is 10.8 Å². The van der Waals surface area contributed by atoms with E-state index in [4.69, 9.17) is 20.9 Å². The largest absolute Gasteiger partial charge is 0.463 e. The van der Waals surface area contributed by atoms with Crippen molar-refractivity contribution in [2.24, 2.45) is 11.5 Å². The number of hydrogen-bond acceptors (Lipinski definition) is 6. The highest BCUT2D eigenvalue weighted by atomic mass is 16.6. The summed E-state index contributed by atoms with van der Waals surface area (Å²) in [4.78, 5) is 27.2. The second-order valence-corrected chi connectivity index (χ2v) is 12.6. The van der Waals surface area contributed by atoms with Crippen molar-refractivity contribution in [1.29, 1.82) is 0 Å². The summed E-state index contributed by atoms with van der Waals surface area (Å²) in [5.74, 6) is 0.461. The van der Waals surface area contributed by atoms with Crippen LogP contribution in [0.2, 0.25) is 0 Å².